The quantitative estimate of drug-likeness (QED) is 0.146. The summed E-state index contributed by atoms with van der Waals surface area (Å²) in [6.45, 7) is 0. The van der Waals surface area contributed by atoms with E-state index in [-0.39, 0.29) is 46.9 Å². The number of hydrogen-bond acceptors (Lipinski definition) is 8. The highest BCUT2D eigenvalue weighted by Gasteiger charge is 2.70. The molecule has 13 heteroatoms. The molecule has 2 N–H and O–H groups in total. The van der Waals surface area contributed by atoms with Gasteiger partial charge in [-0.05, 0) is 85.0 Å². The fourth-order valence-electron chi connectivity index (χ4n) is 8.97. The van der Waals surface area contributed by atoms with Crippen molar-refractivity contribution in [2.75, 3.05) is 24.5 Å². The topological polar surface area (TPSA) is 125 Å². The van der Waals surface area contributed by atoms with Gasteiger partial charge in [0.15, 0.2) is 0 Å². The maximum Gasteiger partial charge on any atom is 0.260 e. The molecule has 4 aliphatic rings. The van der Waals surface area contributed by atoms with Crippen LogP contribution in [0.5, 0.6) is 17.2 Å². The second kappa shape index (κ2) is 13.1. The molecule has 10 nitrogen and oxygen atoms in total. The molecule has 270 valence electrons. The maximum absolute atomic E-state index is 15.4. The Morgan fingerprint density at radius 2 is 1.51 bits per heavy atom. The van der Waals surface area contributed by atoms with Gasteiger partial charge < -0.3 is 14.6 Å². The van der Waals surface area contributed by atoms with E-state index in [2.05, 4.69) is 5.43 Å². The second-order valence-corrected chi connectivity index (χ2v) is 14.9. The molecular formula is C40H32Cl3N3O7. The van der Waals surface area contributed by atoms with Gasteiger partial charge in [-0.3, -0.25) is 29.5 Å². The average molecular weight is 773 g/mol. The average Bonchev–Trinajstić information content (AvgIpc) is 3.53. The van der Waals surface area contributed by atoms with E-state index in [1.165, 1.54) is 37.3 Å². The molecule has 0 aromatic heterocycles. The van der Waals surface area contributed by atoms with Crippen molar-refractivity contribution in [1.82, 2.24) is 5.01 Å². The number of hydrogen-bond donors (Lipinski definition) is 2. The fraction of sp³-hybridized carbons (Fsp3) is 0.250. The Bertz CT molecular complexity index is 2230. The molecule has 2 aliphatic carbocycles. The predicted molar refractivity (Wildman–Crippen MR) is 199 cm³/mol. The zero-order valence-corrected chi connectivity index (χ0v) is 30.7. The lowest BCUT2D eigenvalue weighted by Crippen LogP contribution is -2.53. The molecule has 4 aromatic rings. The van der Waals surface area contributed by atoms with Crippen molar-refractivity contribution in [3.05, 3.63) is 123 Å². The van der Waals surface area contributed by atoms with Crippen molar-refractivity contribution < 1.29 is 33.8 Å². The van der Waals surface area contributed by atoms with Crippen LogP contribution < -0.4 is 19.8 Å². The van der Waals surface area contributed by atoms with Crippen LogP contribution in [0, 0.1) is 23.7 Å². The fourth-order valence-corrected chi connectivity index (χ4v) is 9.55. The first-order chi connectivity index (χ1) is 25.5. The number of allylic oxidation sites excluding steroid dienone is 2. The van der Waals surface area contributed by atoms with Crippen LogP contribution in [-0.2, 0) is 24.6 Å². The molecule has 1 saturated carbocycles. The second-order valence-electron chi connectivity index (χ2n) is 13.6. The van der Waals surface area contributed by atoms with Crippen LogP contribution in [0.25, 0.3) is 0 Å². The molecule has 3 fully saturated rings. The molecule has 8 rings (SSSR count). The molecule has 53 heavy (non-hydrogen) atoms. The molecule has 0 radical (unpaired) electrons. The summed E-state index contributed by atoms with van der Waals surface area (Å²) in [4.78, 5) is 60.1. The molecule has 2 aliphatic heterocycles. The molecular weight excluding hydrogens is 741 g/mol. The van der Waals surface area contributed by atoms with Crippen molar-refractivity contribution in [3.8, 4) is 17.2 Å². The van der Waals surface area contributed by atoms with E-state index >= 15 is 4.79 Å². The Hall–Kier alpha value is -5.03. The number of nitrogens with one attached hydrogen (secondary N) is 1. The largest absolute Gasteiger partial charge is 0.508 e. The minimum atomic E-state index is -1.59. The van der Waals surface area contributed by atoms with E-state index in [4.69, 9.17) is 44.3 Å². The highest BCUT2D eigenvalue weighted by molar-refractivity contribution is 6.36. The Morgan fingerprint density at radius 3 is 2.19 bits per heavy atom. The van der Waals surface area contributed by atoms with Crippen LogP contribution in [-0.4, -0.2) is 48.0 Å². The summed E-state index contributed by atoms with van der Waals surface area (Å²) in [6.07, 6.45) is 2.27. The number of carbonyl (C=O) groups is 4. The number of methoxy groups -OCH3 is 2. The standard InChI is InChI=1S/C40H32Cl3N3O7/c1-52-25-11-3-20(4-12-25)40-30(37(49)46(39(40)51)44-32-16-7-22(42)17-31(32)43)19-29-26(35(40)27-13-10-24(47)18-33(27)53-2)14-15-28-34(29)38(50)45(36(28)48)23-8-5-21(41)6-9-23/h3-14,16-18,28-30,34-35,44,47H,15,19H2,1-2H3. The third kappa shape index (κ3) is 5.29. The summed E-state index contributed by atoms with van der Waals surface area (Å²) in [7, 11) is 3.00. The van der Waals surface area contributed by atoms with Gasteiger partial charge in [-0.25, -0.2) is 0 Å². The van der Waals surface area contributed by atoms with Gasteiger partial charge in [0, 0.05) is 27.6 Å². The number of amides is 4. The molecule has 4 aromatic carbocycles. The van der Waals surface area contributed by atoms with Crippen LogP contribution >= 0.6 is 34.8 Å². The third-order valence-electron chi connectivity index (χ3n) is 11.2. The normalized spacial score (nSPS) is 26.2. The first-order valence-corrected chi connectivity index (χ1v) is 18.1. The number of hydrazine groups is 1. The summed E-state index contributed by atoms with van der Waals surface area (Å²) in [5.41, 5.74) is 3.88. The SMILES string of the molecule is COc1ccc(C23C(=O)N(Nc4ccc(Cl)cc4Cl)C(=O)C2CC2C(=CCC4C(=O)N(c5ccc(Cl)cc5)C(=O)C42)C3c2ccc(O)cc2OC)cc1. The number of rotatable bonds is 7. The van der Waals surface area contributed by atoms with E-state index in [0.717, 1.165) is 10.6 Å². The number of ether oxygens (including phenoxy) is 2. The maximum atomic E-state index is 15.4. The van der Waals surface area contributed by atoms with Gasteiger partial charge in [-0.2, -0.15) is 5.01 Å². The molecule has 0 spiro atoms. The lowest BCUT2D eigenvalue weighted by Gasteiger charge is -2.50. The highest BCUT2D eigenvalue weighted by Crippen LogP contribution is 2.65. The number of aromatic hydroxyl groups is 1. The Labute approximate surface area is 319 Å². The number of phenolic OH excluding ortho intramolecular Hbond substituents is 1. The van der Waals surface area contributed by atoms with Crippen LogP contribution in [0.4, 0.5) is 11.4 Å². The van der Waals surface area contributed by atoms with E-state index in [1.54, 1.807) is 66.7 Å². The van der Waals surface area contributed by atoms with Crippen molar-refractivity contribution in [2.45, 2.75) is 24.2 Å². The molecule has 6 atom stereocenters. The third-order valence-corrected chi connectivity index (χ3v) is 12.0. The smallest absolute Gasteiger partial charge is 0.260 e. The van der Waals surface area contributed by atoms with Gasteiger partial charge in [0.1, 0.15) is 17.2 Å². The molecule has 2 heterocycles. The number of benzene rings is 4. The van der Waals surface area contributed by atoms with E-state index in [0.29, 0.717) is 32.6 Å². The van der Waals surface area contributed by atoms with Gasteiger partial charge in [-0.1, -0.05) is 64.7 Å². The summed E-state index contributed by atoms with van der Waals surface area (Å²) in [6, 6.07) is 22.8. The first kappa shape index (κ1) is 35.0. The lowest BCUT2D eigenvalue weighted by molar-refractivity contribution is -0.138. The molecule has 6 unspecified atom stereocenters. The van der Waals surface area contributed by atoms with Gasteiger partial charge in [-0.15, -0.1) is 0 Å². The number of imide groups is 2. The highest BCUT2D eigenvalue weighted by atomic mass is 35.5. The Morgan fingerprint density at radius 1 is 0.792 bits per heavy atom. The van der Waals surface area contributed by atoms with Crippen molar-refractivity contribution in [1.29, 1.82) is 0 Å². The number of phenols is 1. The van der Waals surface area contributed by atoms with Crippen LogP contribution in [0.3, 0.4) is 0 Å². The molecule has 0 bridgehead atoms. The summed E-state index contributed by atoms with van der Waals surface area (Å²) < 4.78 is 11.3. The first-order valence-electron chi connectivity index (χ1n) is 16.9. The van der Waals surface area contributed by atoms with Crippen LogP contribution in [0.1, 0.15) is 29.9 Å². The Balaban J connectivity index is 1.35. The van der Waals surface area contributed by atoms with Crippen molar-refractivity contribution >= 4 is 69.8 Å². The minimum Gasteiger partial charge on any atom is -0.508 e. The summed E-state index contributed by atoms with van der Waals surface area (Å²) in [5.74, 6) is -5.05. The zero-order valence-electron chi connectivity index (χ0n) is 28.4. The zero-order chi connectivity index (χ0) is 37.3. The predicted octanol–water partition coefficient (Wildman–Crippen LogP) is 7.56. The number of nitrogens with zero attached hydrogens (tertiary/aromatic N) is 2. The van der Waals surface area contributed by atoms with Crippen molar-refractivity contribution in [3.63, 3.8) is 0 Å². The monoisotopic (exact) mass is 771 g/mol. The van der Waals surface area contributed by atoms with Crippen molar-refractivity contribution in [2.24, 2.45) is 23.7 Å². The summed E-state index contributed by atoms with van der Waals surface area (Å²) in [5, 5.41) is 12.6. The van der Waals surface area contributed by atoms with E-state index < -0.39 is 46.8 Å². The lowest BCUT2D eigenvalue weighted by atomic mass is 9.49. The number of anilines is 2. The minimum absolute atomic E-state index is 0.0598. The van der Waals surface area contributed by atoms with Crippen LogP contribution in [0.2, 0.25) is 15.1 Å². The van der Waals surface area contributed by atoms with Gasteiger partial charge in [0.05, 0.1) is 53.8 Å². The number of halogens is 3. The van der Waals surface area contributed by atoms with Gasteiger partial charge in [0.2, 0.25) is 11.8 Å². The van der Waals surface area contributed by atoms with Gasteiger partial charge in [0.25, 0.3) is 11.8 Å². The van der Waals surface area contributed by atoms with E-state index in [9.17, 15) is 19.5 Å². The number of carbonyl (C=O) groups excluding carboxylic acids is 4. The Kier molecular flexibility index (Phi) is 8.67. The van der Waals surface area contributed by atoms with Gasteiger partial charge >= 0.3 is 0 Å². The summed E-state index contributed by atoms with van der Waals surface area (Å²) >= 11 is 18.8. The van der Waals surface area contributed by atoms with Crippen LogP contribution in [0.15, 0.2) is 96.6 Å². The van der Waals surface area contributed by atoms with E-state index in [1.807, 2.05) is 6.08 Å². The molecule has 2 saturated heterocycles. The molecule has 4 amide bonds. The number of fused-ring (bicyclic) bond motifs is 4.